The molecule has 2 heterocycles. The molecule has 0 saturated carbocycles. The summed E-state index contributed by atoms with van der Waals surface area (Å²) in [6.45, 7) is 0. The number of nitrogens with one attached hydrogen (secondary N) is 1. The average Bonchev–Trinajstić information content (AvgIpc) is 3.23. The summed E-state index contributed by atoms with van der Waals surface area (Å²) in [4.78, 5) is 13.0. The first kappa shape index (κ1) is 17.1. The van der Waals surface area contributed by atoms with Gasteiger partial charge in [-0.1, -0.05) is 12.1 Å². The molecule has 0 saturated heterocycles. The maximum absolute atomic E-state index is 13.8. The van der Waals surface area contributed by atoms with Crippen molar-refractivity contribution in [2.75, 3.05) is 12.4 Å². The Hall–Kier alpha value is -3.32. The summed E-state index contributed by atoms with van der Waals surface area (Å²) in [5, 5.41) is 5.93. The molecule has 27 heavy (non-hydrogen) atoms. The molecule has 0 amide bonds. The first-order valence-corrected chi connectivity index (χ1v) is 9.04. The third kappa shape index (κ3) is 3.93. The molecule has 0 aliphatic rings. The number of methoxy groups -OCH3 is 1. The minimum atomic E-state index is -0.345. The van der Waals surface area contributed by atoms with E-state index in [1.165, 1.54) is 30.6 Å². The molecule has 5 nitrogen and oxygen atoms in total. The van der Waals surface area contributed by atoms with Crippen molar-refractivity contribution in [1.29, 1.82) is 0 Å². The maximum atomic E-state index is 13.8. The lowest BCUT2D eigenvalue weighted by Crippen LogP contribution is -1.98. The monoisotopic (exact) mass is 378 g/mol. The van der Waals surface area contributed by atoms with Crippen LogP contribution in [0.5, 0.6) is 5.75 Å². The Bertz CT molecular complexity index is 1070. The number of rotatable bonds is 5. The van der Waals surface area contributed by atoms with E-state index < -0.39 is 0 Å². The van der Waals surface area contributed by atoms with Gasteiger partial charge in [0.05, 0.1) is 7.11 Å². The van der Waals surface area contributed by atoms with Crippen LogP contribution in [-0.2, 0) is 0 Å². The maximum Gasteiger partial charge on any atom is 0.227 e. The second kappa shape index (κ2) is 7.51. The van der Waals surface area contributed by atoms with Gasteiger partial charge in [-0.2, -0.15) is 0 Å². The highest BCUT2D eigenvalue weighted by molar-refractivity contribution is 7.13. The van der Waals surface area contributed by atoms with Gasteiger partial charge in [-0.05, 0) is 41.5 Å². The fraction of sp³-hybridized carbons (Fsp3) is 0.0500. The number of ether oxygens (including phenoxy) is 1. The van der Waals surface area contributed by atoms with E-state index >= 15 is 0 Å². The molecular weight excluding hydrogens is 363 g/mol. The zero-order valence-electron chi connectivity index (χ0n) is 14.4. The minimum absolute atomic E-state index is 0.345. The van der Waals surface area contributed by atoms with Gasteiger partial charge in [-0.15, -0.1) is 11.3 Å². The Balaban J connectivity index is 1.62. The van der Waals surface area contributed by atoms with Gasteiger partial charge in [0.15, 0.2) is 0 Å². The van der Waals surface area contributed by atoms with Crippen LogP contribution >= 0.6 is 11.3 Å². The van der Waals surface area contributed by atoms with Crippen LogP contribution in [0.15, 0.2) is 66.3 Å². The molecule has 0 fully saturated rings. The van der Waals surface area contributed by atoms with Crippen molar-refractivity contribution >= 4 is 23.0 Å². The lowest BCUT2D eigenvalue weighted by molar-refractivity contribution is 0.411. The molecular formula is C20H15FN4OS. The highest BCUT2D eigenvalue weighted by Gasteiger charge is 2.07. The lowest BCUT2D eigenvalue weighted by atomic mass is 10.0. The molecule has 0 atom stereocenters. The Morgan fingerprint density at radius 2 is 1.93 bits per heavy atom. The normalized spacial score (nSPS) is 10.6. The Labute approximate surface area is 159 Å². The van der Waals surface area contributed by atoms with Gasteiger partial charge in [-0.3, -0.25) is 0 Å². The number of benzene rings is 2. The van der Waals surface area contributed by atoms with Crippen molar-refractivity contribution < 1.29 is 9.13 Å². The second-order valence-corrected chi connectivity index (χ2v) is 6.58. The molecule has 0 radical (unpaired) electrons. The number of hydrogen-bond acceptors (Lipinski definition) is 6. The second-order valence-electron chi connectivity index (χ2n) is 5.69. The van der Waals surface area contributed by atoms with Crippen LogP contribution in [-0.4, -0.2) is 22.1 Å². The summed E-state index contributed by atoms with van der Waals surface area (Å²) >= 11 is 1.52. The van der Waals surface area contributed by atoms with Crippen molar-refractivity contribution in [2.45, 2.75) is 0 Å². The topological polar surface area (TPSA) is 59.9 Å². The van der Waals surface area contributed by atoms with Gasteiger partial charge in [0.25, 0.3) is 0 Å². The summed E-state index contributed by atoms with van der Waals surface area (Å²) in [5.41, 5.74) is 3.14. The summed E-state index contributed by atoms with van der Waals surface area (Å²) in [6, 6.07) is 14.0. The van der Waals surface area contributed by atoms with Crippen molar-refractivity contribution in [1.82, 2.24) is 15.0 Å². The molecule has 4 rings (SSSR count). The van der Waals surface area contributed by atoms with Crippen molar-refractivity contribution in [3.05, 3.63) is 72.1 Å². The third-order valence-electron chi connectivity index (χ3n) is 3.87. The molecule has 0 aliphatic heterocycles. The number of halogens is 1. The third-order valence-corrected chi connectivity index (χ3v) is 4.66. The van der Waals surface area contributed by atoms with Crippen LogP contribution in [0, 0.1) is 5.82 Å². The van der Waals surface area contributed by atoms with Crippen molar-refractivity contribution in [3.63, 3.8) is 0 Å². The number of aromatic nitrogens is 3. The summed E-state index contributed by atoms with van der Waals surface area (Å²) in [5.74, 6) is 0.599. The number of anilines is 2. The molecule has 7 heteroatoms. The number of thiazole rings is 1. The lowest BCUT2D eigenvalue weighted by Gasteiger charge is -2.09. The molecule has 0 aliphatic carbocycles. The van der Waals surface area contributed by atoms with Crippen LogP contribution in [0.1, 0.15) is 0 Å². The van der Waals surface area contributed by atoms with Crippen LogP contribution < -0.4 is 10.1 Å². The standard InChI is InChI=1S/C20H15FN4OS/c1-26-17-11-14(9-15(21)12-17)13-3-2-4-16(10-13)24-20-23-6-5-18(25-20)19-22-7-8-27-19/h2-12H,1H3,(H,23,24,25). The van der Waals surface area contributed by atoms with Gasteiger partial charge in [0.2, 0.25) is 5.95 Å². The first-order chi connectivity index (χ1) is 13.2. The molecule has 0 unspecified atom stereocenters. The molecule has 0 spiro atoms. The fourth-order valence-electron chi connectivity index (χ4n) is 2.64. The van der Waals surface area contributed by atoms with Crippen LogP contribution in [0.2, 0.25) is 0 Å². The number of hydrogen-bond donors (Lipinski definition) is 1. The van der Waals surface area contributed by atoms with E-state index in [0.717, 1.165) is 27.5 Å². The van der Waals surface area contributed by atoms with Gasteiger partial charge < -0.3 is 10.1 Å². The highest BCUT2D eigenvalue weighted by Crippen LogP contribution is 2.28. The molecule has 4 aromatic rings. The zero-order chi connectivity index (χ0) is 18.6. The van der Waals surface area contributed by atoms with Crippen molar-refractivity contribution in [2.24, 2.45) is 0 Å². The Morgan fingerprint density at radius 1 is 1.00 bits per heavy atom. The van der Waals surface area contributed by atoms with E-state index in [1.54, 1.807) is 18.5 Å². The van der Waals surface area contributed by atoms with E-state index in [1.807, 2.05) is 35.7 Å². The van der Waals surface area contributed by atoms with Gasteiger partial charge in [-0.25, -0.2) is 19.3 Å². The van der Waals surface area contributed by atoms with Crippen LogP contribution in [0.3, 0.4) is 0 Å². The van der Waals surface area contributed by atoms with Gasteiger partial charge in [0.1, 0.15) is 22.3 Å². The smallest absolute Gasteiger partial charge is 0.227 e. The van der Waals surface area contributed by atoms with Gasteiger partial charge in [0, 0.05) is 29.5 Å². The fourth-order valence-corrected chi connectivity index (χ4v) is 3.25. The predicted molar refractivity (Wildman–Crippen MR) is 105 cm³/mol. The summed E-state index contributed by atoms with van der Waals surface area (Å²) in [6.07, 6.45) is 3.43. The SMILES string of the molecule is COc1cc(F)cc(-c2cccc(Nc3nccc(-c4nccs4)n3)c2)c1. The number of nitrogens with zero attached hydrogens (tertiary/aromatic N) is 3. The van der Waals surface area contributed by atoms with Crippen LogP contribution in [0.25, 0.3) is 21.8 Å². The predicted octanol–water partition coefficient (Wildman–Crippen LogP) is 5.16. The van der Waals surface area contributed by atoms with E-state index in [2.05, 4.69) is 20.3 Å². The molecule has 2 aromatic carbocycles. The molecule has 1 N–H and O–H groups in total. The van der Waals surface area contributed by atoms with Gasteiger partial charge >= 0.3 is 0 Å². The van der Waals surface area contributed by atoms with Crippen molar-refractivity contribution in [3.8, 4) is 27.6 Å². The molecule has 0 bridgehead atoms. The Morgan fingerprint density at radius 3 is 2.74 bits per heavy atom. The average molecular weight is 378 g/mol. The molecule has 134 valence electrons. The summed E-state index contributed by atoms with van der Waals surface area (Å²) in [7, 11) is 1.52. The summed E-state index contributed by atoms with van der Waals surface area (Å²) < 4.78 is 19.0. The van der Waals surface area contributed by atoms with E-state index in [-0.39, 0.29) is 5.82 Å². The van der Waals surface area contributed by atoms with Crippen LogP contribution in [0.4, 0.5) is 16.0 Å². The largest absolute Gasteiger partial charge is 0.497 e. The minimum Gasteiger partial charge on any atom is -0.497 e. The van der Waals surface area contributed by atoms with E-state index in [9.17, 15) is 4.39 Å². The van der Waals surface area contributed by atoms with E-state index in [4.69, 9.17) is 4.74 Å². The highest BCUT2D eigenvalue weighted by atomic mass is 32.1. The first-order valence-electron chi connectivity index (χ1n) is 8.16. The Kier molecular flexibility index (Phi) is 4.76. The quantitative estimate of drug-likeness (QED) is 0.520. The zero-order valence-corrected chi connectivity index (χ0v) is 15.2. The van der Waals surface area contributed by atoms with E-state index in [0.29, 0.717) is 11.7 Å². The molecule has 2 aromatic heterocycles.